The molecule has 0 spiro atoms. The van der Waals surface area contributed by atoms with Crippen LogP contribution in [0.4, 0.5) is 15.9 Å². The summed E-state index contributed by atoms with van der Waals surface area (Å²) in [6.07, 6.45) is 0. The van der Waals surface area contributed by atoms with E-state index >= 15 is 0 Å². The van der Waals surface area contributed by atoms with E-state index in [-0.39, 0.29) is 5.02 Å². The maximum Gasteiger partial charge on any atom is 0.132 e. The van der Waals surface area contributed by atoms with Gasteiger partial charge in [-0.25, -0.2) is 9.37 Å². The molecule has 0 unspecified atom stereocenters. The Hall–Kier alpha value is -2.64. The first-order valence-corrected chi connectivity index (χ1v) is 6.57. The number of benzene rings is 2. The van der Waals surface area contributed by atoms with Gasteiger partial charge in [-0.2, -0.15) is 5.26 Å². The number of nitrogens with zero attached hydrogens (tertiary/aromatic N) is 2. The minimum atomic E-state index is -0.408. The molecule has 0 fully saturated rings. The zero-order chi connectivity index (χ0) is 14.8. The number of anilines is 2. The van der Waals surface area contributed by atoms with Crippen LogP contribution in [0.25, 0.3) is 10.9 Å². The number of fused-ring (bicyclic) bond motifs is 1. The summed E-state index contributed by atoms with van der Waals surface area (Å²) in [5, 5.41) is 13.3. The predicted molar refractivity (Wildman–Crippen MR) is 81.2 cm³/mol. The van der Waals surface area contributed by atoms with Crippen molar-refractivity contribution < 1.29 is 4.39 Å². The van der Waals surface area contributed by atoms with Gasteiger partial charge in [0.05, 0.1) is 27.9 Å². The van der Waals surface area contributed by atoms with Crippen LogP contribution in [0, 0.1) is 17.1 Å². The van der Waals surface area contributed by atoms with Gasteiger partial charge >= 0.3 is 0 Å². The van der Waals surface area contributed by atoms with Crippen molar-refractivity contribution in [2.75, 3.05) is 5.32 Å². The van der Waals surface area contributed by atoms with E-state index in [1.165, 1.54) is 18.2 Å². The molecule has 1 heterocycles. The van der Waals surface area contributed by atoms with Crippen LogP contribution in [-0.2, 0) is 0 Å². The summed E-state index contributed by atoms with van der Waals surface area (Å²) in [7, 11) is 0. The number of para-hydroxylation sites is 1. The molecule has 0 aliphatic heterocycles. The van der Waals surface area contributed by atoms with Crippen LogP contribution < -0.4 is 5.32 Å². The summed E-state index contributed by atoms with van der Waals surface area (Å²) >= 11 is 5.98. The number of halogens is 2. The number of pyridine rings is 1. The third-order valence-corrected chi connectivity index (χ3v) is 3.34. The summed E-state index contributed by atoms with van der Waals surface area (Å²) in [6, 6.07) is 15.2. The SMILES string of the molecule is N#Cc1cc(Nc2ccc(F)cc2Cl)nc2ccccc12. The van der Waals surface area contributed by atoms with Crippen molar-refractivity contribution in [2.24, 2.45) is 0 Å². The molecule has 1 aromatic heterocycles. The first-order chi connectivity index (χ1) is 10.2. The minimum Gasteiger partial charge on any atom is -0.339 e. The van der Waals surface area contributed by atoms with E-state index in [4.69, 9.17) is 11.6 Å². The van der Waals surface area contributed by atoms with E-state index in [1.54, 1.807) is 6.07 Å². The van der Waals surface area contributed by atoms with E-state index in [9.17, 15) is 9.65 Å². The van der Waals surface area contributed by atoms with Crippen molar-refractivity contribution in [3.05, 3.63) is 64.9 Å². The van der Waals surface area contributed by atoms with Crippen molar-refractivity contribution in [1.82, 2.24) is 4.98 Å². The molecule has 0 aliphatic rings. The third kappa shape index (κ3) is 2.64. The molecule has 0 atom stereocenters. The Bertz CT molecular complexity index is 871. The summed E-state index contributed by atoms with van der Waals surface area (Å²) < 4.78 is 13.0. The highest BCUT2D eigenvalue weighted by Gasteiger charge is 2.07. The van der Waals surface area contributed by atoms with Crippen molar-refractivity contribution in [2.45, 2.75) is 0 Å². The molecule has 5 heteroatoms. The van der Waals surface area contributed by atoms with E-state index in [0.29, 0.717) is 22.6 Å². The number of rotatable bonds is 2. The average molecular weight is 298 g/mol. The maximum absolute atomic E-state index is 13.0. The molecular formula is C16H9ClFN3. The lowest BCUT2D eigenvalue weighted by atomic mass is 10.1. The fourth-order valence-corrected chi connectivity index (χ4v) is 2.28. The Morgan fingerprint density at radius 2 is 1.95 bits per heavy atom. The summed E-state index contributed by atoms with van der Waals surface area (Å²) in [5.74, 6) is 0.0773. The number of hydrogen-bond donors (Lipinski definition) is 1. The van der Waals surface area contributed by atoms with Gasteiger partial charge in [-0.3, -0.25) is 0 Å². The average Bonchev–Trinajstić information content (AvgIpc) is 2.49. The molecule has 3 rings (SSSR count). The largest absolute Gasteiger partial charge is 0.339 e. The van der Waals surface area contributed by atoms with Crippen LogP contribution >= 0.6 is 11.6 Å². The topological polar surface area (TPSA) is 48.7 Å². The zero-order valence-corrected chi connectivity index (χ0v) is 11.5. The molecule has 3 aromatic rings. The second-order valence-corrected chi connectivity index (χ2v) is 4.84. The van der Waals surface area contributed by atoms with Crippen LogP contribution in [0.1, 0.15) is 5.56 Å². The summed E-state index contributed by atoms with van der Waals surface area (Å²) in [4.78, 5) is 4.43. The lowest BCUT2D eigenvalue weighted by molar-refractivity contribution is 0.628. The highest BCUT2D eigenvalue weighted by Crippen LogP contribution is 2.27. The molecule has 0 saturated heterocycles. The van der Waals surface area contributed by atoms with Gasteiger partial charge in [0, 0.05) is 5.39 Å². The lowest BCUT2D eigenvalue weighted by Gasteiger charge is -2.09. The van der Waals surface area contributed by atoms with Gasteiger partial charge < -0.3 is 5.32 Å². The van der Waals surface area contributed by atoms with Gasteiger partial charge in [0.15, 0.2) is 0 Å². The monoisotopic (exact) mass is 297 g/mol. The Labute approximate surface area is 125 Å². The highest BCUT2D eigenvalue weighted by atomic mass is 35.5. The molecular weight excluding hydrogens is 289 g/mol. The Morgan fingerprint density at radius 1 is 1.14 bits per heavy atom. The van der Waals surface area contributed by atoms with Gasteiger partial charge in [-0.1, -0.05) is 29.8 Å². The predicted octanol–water partition coefficient (Wildman–Crippen LogP) is 4.64. The Balaban J connectivity index is 2.07. The Kier molecular flexibility index (Phi) is 3.43. The van der Waals surface area contributed by atoms with Crippen LogP contribution in [-0.4, -0.2) is 4.98 Å². The molecule has 0 amide bonds. The van der Waals surface area contributed by atoms with E-state index in [1.807, 2.05) is 24.3 Å². The molecule has 2 aromatic carbocycles. The van der Waals surface area contributed by atoms with Gasteiger partial charge in [0.2, 0.25) is 0 Å². The highest BCUT2D eigenvalue weighted by molar-refractivity contribution is 6.33. The van der Waals surface area contributed by atoms with Gasteiger partial charge in [-0.05, 0) is 30.3 Å². The first kappa shape index (κ1) is 13.3. The fourth-order valence-electron chi connectivity index (χ4n) is 2.06. The van der Waals surface area contributed by atoms with Crippen molar-refractivity contribution in [3.8, 4) is 6.07 Å². The molecule has 0 aliphatic carbocycles. The van der Waals surface area contributed by atoms with Gasteiger partial charge in [0.1, 0.15) is 11.6 Å². The van der Waals surface area contributed by atoms with Gasteiger partial charge in [0.25, 0.3) is 0 Å². The van der Waals surface area contributed by atoms with Crippen LogP contribution in [0.5, 0.6) is 0 Å². The normalized spacial score (nSPS) is 10.3. The van der Waals surface area contributed by atoms with Crippen molar-refractivity contribution in [1.29, 1.82) is 5.26 Å². The van der Waals surface area contributed by atoms with E-state index < -0.39 is 5.82 Å². The number of nitriles is 1. The molecule has 21 heavy (non-hydrogen) atoms. The molecule has 3 nitrogen and oxygen atoms in total. The smallest absolute Gasteiger partial charge is 0.132 e. The molecule has 1 N–H and O–H groups in total. The zero-order valence-electron chi connectivity index (χ0n) is 10.8. The van der Waals surface area contributed by atoms with Gasteiger partial charge in [-0.15, -0.1) is 0 Å². The molecule has 0 radical (unpaired) electrons. The van der Waals surface area contributed by atoms with Crippen LogP contribution in [0.15, 0.2) is 48.5 Å². The third-order valence-electron chi connectivity index (χ3n) is 3.03. The van der Waals surface area contributed by atoms with E-state index in [0.717, 1.165) is 5.39 Å². The fraction of sp³-hybridized carbons (Fsp3) is 0. The number of aromatic nitrogens is 1. The summed E-state index contributed by atoms with van der Waals surface area (Å²) in [6.45, 7) is 0. The molecule has 102 valence electrons. The Morgan fingerprint density at radius 3 is 2.71 bits per heavy atom. The molecule has 0 saturated carbocycles. The van der Waals surface area contributed by atoms with Crippen LogP contribution in [0.3, 0.4) is 0 Å². The molecule has 0 bridgehead atoms. The first-order valence-electron chi connectivity index (χ1n) is 6.19. The number of hydrogen-bond acceptors (Lipinski definition) is 3. The van der Waals surface area contributed by atoms with Crippen LogP contribution in [0.2, 0.25) is 5.02 Å². The summed E-state index contributed by atoms with van der Waals surface area (Å²) in [5.41, 5.74) is 1.75. The van der Waals surface area contributed by atoms with Crippen molar-refractivity contribution >= 4 is 34.0 Å². The van der Waals surface area contributed by atoms with E-state index in [2.05, 4.69) is 16.4 Å². The standard InChI is InChI=1S/C16H9ClFN3/c17-13-8-11(18)5-6-15(13)21-16-7-10(9-19)12-3-1-2-4-14(12)20-16/h1-8H,(H,20,21). The van der Waals surface area contributed by atoms with Crippen molar-refractivity contribution in [3.63, 3.8) is 0 Å². The second-order valence-electron chi connectivity index (χ2n) is 4.43. The quantitative estimate of drug-likeness (QED) is 0.749. The lowest BCUT2D eigenvalue weighted by Crippen LogP contribution is -1.96. The minimum absolute atomic E-state index is 0.253. The second kappa shape index (κ2) is 5.39. The number of nitrogens with one attached hydrogen (secondary N) is 1. The maximum atomic E-state index is 13.0.